The fourth-order valence-corrected chi connectivity index (χ4v) is 2.76. The molecule has 1 saturated heterocycles. The number of hydrogen-bond donors (Lipinski definition) is 1. The van der Waals surface area contributed by atoms with E-state index in [-0.39, 0.29) is 24.4 Å². The Morgan fingerprint density at radius 1 is 1.35 bits per heavy atom. The number of carbonyl (C=O) groups is 1. The maximum atomic E-state index is 14.2. The van der Waals surface area contributed by atoms with E-state index in [1.165, 1.54) is 12.1 Å². The summed E-state index contributed by atoms with van der Waals surface area (Å²) in [5, 5.41) is 8.80. The number of alkyl halides is 2. The third kappa shape index (κ3) is 4.00. The first-order valence-electron chi connectivity index (χ1n) is 6.85. The molecule has 0 aromatic heterocycles. The molecule has 20 heavy (non-hydrogen) atoms. The number of piperidine rings is 1. The molecule has 1 heterocycles. The summed E-state index contributed by atoms with van der Waals surface area (Å²) in [7, 11) is 0. The van der Waals surface area contributed by atoms with Gasteiger partial charge in [0.2, 0.25) is 0 Å². The van der Waals surface area contributed by atoms with Gasteiger partial charge in [0.15, 0.2) is 0 Å². The summed E-state index contributed by atoms with van der Waals surface area (Å²) in [4.78, 5) is 12.4. The molecule has 3 nitrogen and oxygen atoms in total. The van der Waals surface area contributed by atoms with Crippen LogP contribution in [0.5, 0.6) is 0 Å². The molecule has 0 amide bonds. The van der Waals surface area contributed by atoms with Crippen LogP contribution in [0.2, 0.25) is 0 Å². The van der Waals surface area contributed by atoms with Gasteiger partial charge in [-0.05, 0) is 25.3 Å². The van der Waals surface area contributed by atoms with E-state index >= 15 is 0 Å². The van der Waals surface area contributed by atoms with Crippen molar-refractivity contribution in [3.8, 4) is 0 Å². The Balaban J connectivity index is 1.96. The van der Waals surface area contributed by atoms with Crippen molar-refractivity contribution < 1.29 is 18.7 Å². The highest BCUT2D eigenvalue weighted by Crippen LogP contribution is 2.30. The Hall–Kier alpha value is -1.49. The van der Waals surface area contributed by atoms with Crippen molar-refractivity contribution in [3.05, 3.63) is 35.9 Å². The monoisotopic (exact) mass is 283 g/mol. The first kappa shape index (κ1) is 14.9. The zero-order chi connectivity index (χ0) is 14.6. The van der Waals surface area contributed by atoms with E-state index in [9.17, 15) is 13.6 Å². The lowest BCUT2D eigenvalue weighted by molar-refractivity contribution is -0.138. The molecule has 1 fully saturated rings. The summed E-state index contributed by atoms with van der Waals surface area (Å²) < 4.78 is 28.3. The van der Waals surface area contributed by atoms with Crippen molar-refractivity contribution in [3.63, 3.8) is 0 Å². The maximum absolute atomic E-state index is 14.2. The minimum Gasteiger partial charge on any atom is -0.481 e. The van der Waals surface area contributed by atoms with Crippen molar-refractivity contribution in [1.82, 2.24) is 4.90 Å². The second-order valence-corrected chi connectivity index (χ2v) is 5.41. The molecule has 0 saturated carbocycles. The first-order valence-corrected chi connectivity index (χ1v) is 6.85. The molecule has 2 rings (SSSR count). The summed E-state index contributed by atoms with van der Waals surface area (Å²) in [6, 6.07) is 7.78. The SMILES string of the molecule is O=C(O)CC1CCCN(CC(F)(F)c2ccccc2)C1. The highest BCUT2D eigenvalue weighted by Gasteiger charge is 2.35. The number of rotatable bonds is 5. The molecule has 0 radical (unpaired) electrons. The molecule has 1 N–H and O–H groups in total. The molecular weight excluding hydrogens is 264 g/mol. The Morgan fingerprint density at radius 2 is 2.05 bits per heavy atom. The predicted octanol–water partition coefficient (Wildman–Crippen LogP) is 2.97. The minimum absolute atomic E-state index is 0.0142. The molecule has 0 spiro atoms. The molecule has 5 heteroatoms. The van der Waals surface area contributed by atoms with Gasteiger partial charge in [0, 0.05) is 18.5 Å². The average molecular weight is 283 g/mol. The van der Waals surface area contributed by atoms with Crippen LogP contribution in [0.15, 0.2) is 30.3 Å². The molecule has 110 valence electrons. The second kappa shape index (κ2) is 6.31. The van der Waals surface area contributed by atoms with Crippen LogP contribution in [0.1, 0.15) is 24.8 Å². The fraction of sp³-hybridized carbons (Fsp3) is 0.533. The molecule has 0 aliphatic carbocycles. The van der Waals surface area contributed by atoms with Gasteiger partial charge in [0.1, 0.15) is 0 Å². The number of carboxylic acid groups (broad SMARTS) is 1. The van der Waals surface area contributed by atoms with E-state index in [0.717, 1.165) is 12.8 Å². The van der Waals surface area contributed by atoms with E-state index in [1.54, 1.807) is 23.1 Å². The van der Waals surface area contributed by atoms with Crippen LogP contribution >= 0.6 is 0 Å². The van der Waals surface area contributed by atoms with E-state index < -0.39 is 11.9 Å². The molecule has 0 bridgehead atoms. The Labute approximate surface area is 117 Å². The van der Waals surface area contributed by atoms with Gasteiger partial charge in [-0.2, -0.15) is 8.78 Å². The molecule has 1 aliphatic rings. The quantitative estimate of drug-likeness (QED) is 0.903. The third-order valence-electron chi connectivity index (χ3n) is 3.68. The Bertz CT molecular complexity index is 450. The number of likely N-dealkylation sites (tertiary alicyclic amines) is 1. The summed E-state index contributed by atoms with van der Waals surface area (Å²) in [6.45, 7) is 0.709. The van der Waals surface area contributed by atoms with Crippen molar-refractivity contribution in [2.24, 2.45) is 5.92 Å². The summed E-state index contributed by atoms with van der Waals surface area (Å²) in [5.74, 6) is -3.77. The Kier molecular flexibility index (Phi) is 4.70. The van der Waals surface area contributed by atoms with Crippen LogP contribution in [0.25, 0.3) is 0 Å². The number of nitrogens with zero attached hydrogens (tertiary/aromatic N) is 1. The van der Waals surface area contributed by atoms with E-state index in [2.05, 4.69) is 0 Å². The van der Waals surface area contributed by atoms with Gasteiger partial charge in [-0.1, -0.05) is 30.3 Å². The van der Waals surface area contributed by atoms with Crippen LogP contribution in [-0.4, -0.2) is 35.6 Å². The van der Waals surface area contributed by atoms with Gasteiger partial charge in [-0.3, -0.25) is 9.69 Å². The molecule has 1 atom stereocenters. The lowest BCUT2D eigenvalue weighted by Crippen LogP contribution is -2.42. The van der Waals surface area contributed by atoms with Gasteiger partial charge in [0.05, 0.1) is 6.54 Å². The molecule has 1 unspecified atom stereocenters. The standard InChI is InChI=1S/C15H19F2NO2/c16-15(17,13-6-2-1-3-7-13)11-18-8-4-5-12(10-18)9-14(19)20/h1-3,6-7,12H,4-5,8-11H2,(H,19,20). The van der Waals surface area contributed by atoms with Crippen LogP contribution in [-0.2, 0) is 10.7 Å². The third-order valence-corrected chi connectivity index (χ3v) is 3.68. The van der Waals surface area contributed by atoms with Gasteiger partial charge in [0.25, 0.3) is 5.92 Å². The van der Waals surface area contributed by atoms with Crippen molar-refractivity contribution in [2.75, 3.05) is 19.6 Å². The Morgan fingerprint density at radius 3 is 2.70 bits per heavy atom. The molecule has 1 aromatic carbocycles. The van der Waals surface area contributed by atoms with Gasteiger partial charge in [-0.25, -0.2) is 0 Å². The zero-order valence-corrected chi connectivity index (χ0v) is 11.3. The predicted molar refractivity (Wildman–Crippen MR) is 71.8 cm³/mol. The number of benzene rings is 1. The fourth-order valence-electron chi connectivity index (χ4n) is 2.76. The maximum Gasteiger partial charge on any atom is 0.303 e. The smallest absolute Gasteiger partial charge is 0.303 e. The van der Waals surface area contributed by atoms with Gasteiger partial charge < -0.3 is 5.11 Å². The van der Waals surface area contributed by atoms with Crippen LogP contribution < -0.4 is 0 Å². The van der Waals surface area contributed by atoms with Crippen molar-refractivity contribution >= 4 is 5.97 Å². The van der Waals surface area contributed by atoms with Crippen molar-refractivity contribution in [1.29, 1.82) is 0 Å². The zero-order valence-electron chi connectivity index (χ0n) is 11.3. The molecule has 1 aliphatic heterocycles. The lowest BCUT2D eigenvalue weighted by atomic mass is 9.94. The van der Waals surface area contributed by atoms with Gasteiger partial charge in [-0.15, -0.1) is 0 Å². The summed E-state index contributed by atoms with van der Waals surface area (Å²) in [5.41, 5.74) is 0.0142. The largest absolute Gasteiger partial charge is 0.481 e. The van der Waals surface area contributed by atoms with Crippen LogP contribution in [0.3, 0.4) is 0 Å². The summed E-state index contributed by atoms with van der Waals surface area (Å²) in [6.07, 6.45) is 1.65. The normalized spacial score (nSPS) is 20.8. The first-order chi connectivity index (χ1) is 9.47. The van der Waals surface area contributed by atoms with E-state index in [4.69, 9.17) is 5.11 Å². The van der Waals surface area contributed by atoms with Crippen LogP contribution in [0.4, 0.5) is 8.78 Å². The van der Waals surface area contributed by atoms with E-state index in [1.807, 2.05) is 0 Å². The van der Waals surface area contributed by atoms with E-state index in [0.29, 0.717) is 13.1 Å². The number of hydrogen-bond acceptors (Lipinski definition) is 2. The minimum atomic E-state index is -2.90. The topological polar surface area (TPSA) is 40.5 Å². The lowest BCUT2D eigenvalue weighted by Gasteiger charge is -2.34. The highest BCUT2D eigenvalue weighted by atomic mass is 19.3. The molecule has 1 aromatic rings. The van der Waals surface area contributed by atoms with Crippen molar-refractivity contribution in [2.45, 2.75) is 25.2 Å². The summed E-state index contributed by atoms with van der Waals surface area (Å²) >= 11 is 0. The number of carboxylic acids is 1. The average Bonchev–Trinajstić information content (AvgIpc) is 2.39. The highest BCUT2D eigenvalue weighted by molar-refractivity contribution is 5.67. The number of aliphatic carboxylic acids is 1. The number of halogens is 2. The second-order valence-electron chi connectivity index (χ2n) is 5.41. The van der Waals surface area contributed by atoms with Crippen LogP contribution in [0, 0.1) is 5.92 Å². The van der Waals surface area contributed by atoms with Gasteiger partial charge >= 0.3 is 5.97 Å². The molecular formula is C15H19F2NO2.